The lowest BCUT2D eigenvalue weighted by atomic mass is 9.91. The molecule has 0 radical (unpaired) electrons. The predicted molar refractivity (Wildman–Crippen MR) is 85.1 cm³/mol. The molecule has 116 valence electrons. The fraction of sp³-hybridized carbons (Fsp3) is 1.00. The molecule has 2 saturated heterocycles. The predicted octanol–water partition coefficient (Wildman–Crippen LogP) is 2.47. The third-order valence-electron chi connectivity index (χ3n) is 5.90. The number of nitrogens with zero attached hydrogens (tertiary/aromatic N) is 2. The number of nitrogens with one attached hydrogen (secondary N) is 1. The van der Waals surface area contributed by atoms with Gasteiger partial charge in [-0.15, -0.1) is 0 Å². The van der Waals surface area contributed by atoms with Crippen LogP contribution in [0.15, 0.2) is 0 Å². The molecule has 3 atom stereocenters. The van der Waals surface area contributed by atoms with Gasteiger partial charge in [0.1, 0.15) is 0 Å². The van der Waals surface area contributed by atoms with Crippen molar-refractivity contribution < 1.29 is 0 Å². The monoisotopic (exact) mass is 279 g/mol. The Bertz CT molecular complexity index is 294. The van der Waals surface area contributed by atoms with Gasteiger partial charge in [-0.25, -0.2) is 0 Å². The largest absolute Gasteiger partial charge is 0.315 e. The van der Waals surface area contributed by atoms with Crippen LogP contribution in [0.25, 0.3) is 0 Å². The van der Waals surface area contributed by atoms with E-state index in [1.165, 1.54) is 84.0 Å². The summed E-state index contributed by atoms with van der Waals surface area (Å²) in [6.07, 6.45) is 12.8. The van der Waals surface area contributed by atoms with E-state index in [0.29, 0.717) is 0 Å². The van der Waals surface area contributed by atoms with Gasteiger partial charge in [0.2, 0.25) is 0 Å². The Hall–Kier alpha value is -0.120. The van der Waals surface area contributed by atoms with Crippen LogP contribution in [0.5, 0.6) is 0 Å². The molecule has 2 aliphatic heterocycles. The number of rotatable bonds is 2. The Morgan fingerprint density at radius 3 is 2.35 bits per heavy atom. The van der Waals surface area contributed by atoms with E-state index < -0.39 is 0 Å². The molecule has 3 fully saturated rings. The van der Waals surface area contributed by atoms with Crippen LogP contribution < -0.4 is 5.32 Å². The lowest BCUT2D eigenvalue weighted by Crippen LogP contribution is -2.51. The summed E-state index contributed by atoms with van der Waals surface area (Å²) in [5.41, 5.74) is 0. The van der Waals surface area contributed by atoms with Gasteiger partial charge in [-0.2, -0.15) is 0 Å². The van der Waals surface area contributed by atoms with E-state index in [1.807, 2.05) is 0 Å². The molecular weight excluding hydrogens is 246 g/mol. The van der Waals surface area contributed by atoms with Crippen LogP contribution in [0.4, 0.5) is 0 Å². The van der Waals surface area contributed by atoms with Gasteiger partial charge in [0.15, 0.2) is 0 Å². The normalized spacial score (nSPS) is 38.0. The quantitative estimate of drug-likeness (QED) is 0.838. The van der Waals surface area contributed by atoms with Gasteiger partial charge in [-0.1, -0.05) is 25.7 Å². The number of likely N-dealkylation sites (N-methyl/N-ethyl adjacent to an activating group) is 1. The van der Waals surface area contributed by atoms with E-state index >= 15 is 0 Å². The molecule has 3 unspecified atom stereocenters. The maximum atomic E-state index is 3.64. The number of hydrogen-bond acceptors (Lipinski definition) is 3. The number of fused-ring (bicyclic) bond motifs is 1. The maximum Gasteiger partial charge on any atom is 0.0249 e. The van der Waals surface area contributed by atoms with Crippen LogP contribution in [0, 0.1) is 0 Å². The molecule has 0 aromatic rings. The Kier molecular flexibility index (Phi) is 5.36. The Morgan fingerprint density at radius 1 is 0.750 bits per heavy atom. The van der Waals surface area contributed by atoms with Gasteiger partial charge in [0, 0.05) is 24.7 Å². The molecule has 1 saturated carbocycles. The summed E-state index contributed by atoms with van der Waals surface area (Å²) in [7, 11) is 2.18. The fourth-order valence-electron chi connectivity index (χ4n) is 4.78. The summed E-state index contributed by atoms with van der Waals surface area (Å²) in [5, 5.41) is 3.64. The van der Waals surface area contributed by atoms with Crippen molar-refractivity contribution in [3.8, 4) is 0 Å². The van der Waals surface area contributed by atoms with E-state index in [4.69, 9.17) is 0 Å². The van der Waals surface area contributed by atoms with E-state index in [0.717, 1.165) is 18.1 Å². The highest BCUT2D eigenvalue weighted by Gasteiger charge is 2.34. The first-order chi connectivity index (χ1) is 9.88. The van der Waals surface area contributed by atoms with E-state index in [9.17, 15) is 0 Å². The molecule has 3 heteroatoms. The van der Waals surface area contributed by atoms with E-state index in [-0.39, 0.29) is 0 Å². The van der Waals surface area contributed by atoms with Crippen molar-refractivity contribution in [3.05, 3.63) is 0 Å². The fourth-order valence-corrected chi connectivity index (χ4v) is 4.78. The third-order valence-corrected chi connectivity index (χ3v) is 5.90. The van der Waals surface area contributed by atoms with Gasteiger partial charge in [0.25, 0.3) is 0 Å². The zero-order valence-electron chi connectivity index (χ0n) is 13.3. The lowest BCUT2D eigenvalue weighted by Gasteiger charge is -2.39. The molecule has 0 aromatic heterocycles. The molecule has 0 amide bonds. The molecule has 0 aromatic carbocycles. The van der Waals surface area contributed by atoms with Crippen LogP contribution >= 0.6 is 0 Å². The van der Waals surface area contributed by atoms with Gasteiger partial charge >= 0.3 is 0 Å². The lowest BCUT2D eigenvalue weighted by molar-refractivity contribution is 0.124. The van der Waals surface area contributed by atoms with Crippen molar-refractivity contribution in [1.82, 2.24) is 15.1 Å². The minimum atomic E-state index is 0.725. The molecule has 2 heterocycles. The summed E-state index contributed by atoms with van der Waals surface area (Å²) < 4.78 is 0. The number of hydrogen-bond donors (Lipinski definition) is 1. The Morgan fingerprint density at radius 2 is 1.50 bits per heavy atom. The molecule has 3 nitrogen and oxygen atoms in total. The highest BCUT2D eigenvalue weighted by Crippen LogP contribution is 2.27. The summed E-state index contributed by atoms with van der Waals surface area (Å²) in [6.45, 7) is 5.37. The van der Waals surface area contributed by atoms with Gasteiger partial charge < -0.3 is 5.32 Å². The van der Waals surface area contributed by atoms with Crippen LogP contribution in [0.3, 0.4) is 0 Å². The minimum absolute atomic E-state index is 0.725. The zero-order chi connectivity index (χ0) is 13.8. The first-order valence-electron chi connectivity index (χ1n) is 9.04. The first-order valence-corrected chi connectivity index (χ1v) is 9.04. The van der Waals surface area contributed by atoms with Crippen molar-refractivity contribution in [2.75, 3.05) is 33.2 Å². The molecule has 3 rings (SSSR count). The summed E-state index contributed by atoms with van der Waals surface area (Å²) in [6, 6.07) is 2.38. The van der Waals surface area contributed by atoms with Crippen LogP contribution in [0.2, 0.25) is 0 Å². The standard InChI is InChI=1S/C17H33N3/c1-18-16-9-4-2-3-5-10-17(16)20-13-7-12-19-11-6-8-15(19)14-20/h15-18H,2-14H2,1H3. The third kappa shape index (κ3) is 3.37. The summed E-state index contributed by atoms with van der Waals surface area (Å²) in [5.74, 6) is 0. The molecule has 0 bridgehead atoms. The Labute approximate surface area is 125 Å². The molecular formula is C17H33N3. The van der Waals surface area contributed by atoms with Gasteiger partial charge in [0.05, 0.1) is 0 Å². The highest BCUT2D eigenvalue weighted by molar-refractivity contribution is 4.91. The van der Waals surface area contributed by atoms with Crippen molar-refractivity contribution >= 4 is 0 Å². The van der Waals surface area contributed by atoms with Crippen LogP contribution in [-0.2, 0) is 0 Å². The van der Waals surface area contributed by atoms with E-state index in [1.54, 1.807) is 0 Å². The topological polar surface area (TPSA) is 18.5 Å². The molecule has 20 heavy (non-hydrogen) atoms. The summed E-state index contributed by atoms with van der Waals surface area (Å²) in [4.78, 5) is 5.62. The Balaban J connectivity index is 1.67. The average molecular weight is 279 g/mol. The van der Waals surface area contributed by atoms with Crippen molar-refractivity contribution in [1.29, 1.82) is 0 Å². The van der Waals surface area contributed by atoms with Gasteiger partial charge in [-0.3, -0.25) is 9.80 Å². The molecule has 3 aliphatic rings. The van der Waals surface area contributed by atoms with E-state index in [2.05, 4.69) is 22.2 Å². The second-order valence-electron chi connectivity index (χ2n) is 7.13. The smallest absolute Gasteiger partial charge is 0.0249 e. The minimum Gasteiger partial charge on any atom is -0.315 e. The SMILES string of the molecule is CNC1CCCCCCC1N1CCCN2CCCC2C1. The second-order valence-corrected chi connectivity index (χ2v) is 7.13. The van der Waals surface area contributed by atoms with Crippen molar-refractivity contribution in [2.45, 2.75) is 75.9 Å². The first kappa shape index (κ1) is 14.8. The van der Waals surface area contributed by atoms with Crippen LogP contribution in [-0.4, -0.2) is 61.2 Å². The summed E-state index contributed by atoms with van der Waals surface area (Å²) >= 11 is 0. The van der Waals surface area contributed by atoms with Crippen molar-refractivity contribution in [2.24, 2.45) is 0 Å². The molecule has 1 N–H and O–H groups in total. The maximum absolute atomic E-state index is 3.64. The zero-order valence-corrected chi connectivity index (χ0v) is 13.3. The molecule has 1 aliphatic carbocycles. The highest BCUT2D eigenvalue weighted by atomic mass is 15.3. The molecule has 0 spiro atoms. The van der Waals surface area contributed by atoms with Crippen LogP contribution in [0.1, 0.15) is 57.8 Å². The van der Waals surface area contributed by atoms with Crippen molar-refractivity contribution in [3.63, 3.8) is 0 Å². The van der Waals surface area contributed by atoms with Gasteiger partial charge in [-0.05, 0) is 58.8 Å². The average Bonchev–Trinajstić information content (AvgIpc) is 2.77. The second kappa shape index (κ2) is 7.24.